The van der Waals surface area contributed by atoms with Crippen molar-refractivity contribution in [1.82, 2.24) is 0 Å². The summed E-state index contributed by atoms with van der Waals surface area (Å²) in [5.41, 5.74) is 0. The Morgan fingerprint density at radius 3 is 0.341 bits per heavy atom. The largest absolute Gasteiger partial charge is 0.394 e. The van der Waals surface area contributed by atoms with Crippen LogP contribution < -0.4 is 0 Å². The molecule has 0 aromatic heterocycles. The van der Waals surface area contributed by atoms with Gasteiger partial charge < -0.3 is 119 Å². The van der Waals surface area contributed by atoms with Crippen molar-refractivity contribution in [3.63, 3.8) is 0 Å². The zero-order valence-corrected chi connectivity index (χ0v) is 57.2. The zero-order valence-electron chi connectivity index (χ0n) is 57.2. The lowest BCUT2D eigenvalue weighted by Crippen LogP contribution is -2.16. The lowest BCUT2D eigenvalue weighted by Gasteiger charge is -2.09. The van der Waals surface area contributed by atoms with Gasteiger partial charge in [0.15, 0.2) is 0 Å². The molecule has 0 aromatic rings. The van der Waals surface area contributed by atoms with Gasteiger partial charge in [0.25, 0.3) is 0 Å². The monoisotopic (exact) mass is 1330 g/mol. The van der Waals surface area contributed by atoms with E-state index < -0.39 is 0 Å². The van der Waals surface area contributed by atoms with Crippen molar-refractivity contribution in [2.45, 2.75) is 110 Å². The van der Waals surface area contributed by atoms with E-state index in [1.807, 2.05) is 0 Å². The Morgan fingerprint density at radius 2 is 0.220 bits per heavy atom. The summed E-state index contributed by atoms with van der Waals surface area (Å²) >= 11 is 0. The van der Waals surface area contributed by atoms with Gasteiger partial charge in [0.1, 0.15) is 0 Å². The lowest BCUT2D eigenvalue weighted by molar-refractivity contribution is -0.0320. The van der Waals surface area contributed by atoms with Crippen molar-refractivity contribution in [3.05, 3.63) is 0 Å². The summed E-state index contributed by atoms with van der Waals surface area (Å²) in [6.07, 6.45) is 22.1. The number of rotatable bonds is 88. The number of aliphatic hydroxyl groups excluding tert-OH is 1. The van der Waals surface area contributed by atoms with E-state index in [9.17, 15) is 0 Å². The van der Waals surface area contributed by atoms with Gasteiger partial charge >= 0.3 is 0 Å². The number of unbranched alkanes of at least 4 members (excludes halogenated alkanes) is 15. The molecule has 0 rings (SSSR count). The molecule has 0 aliphatic carbocycles. The fourth-order valence-electron chi connectivity index (χ4n) is 7.98. The minimum Gasteiger partial charge on any atom is -0.394 e. The Morgan fingerprint density at radius 1 is 0.121 bits per heavy atom. The highest BCUT2D eigenvalue weighted by Gasteiger charge is 2.02. The van der Waals surface area contributed by atoms with Gasteiger partial charge in [-0.15, -0.1) is 0 Å². The van der Waals surface area contributed by atoms with Gasteiger partial charge in [0, 0.05) is 6.61 Å². The van der Waals surface area contributed by atoms with Crippen LogP contribution in [0.2, 0.25) is 0 Å². The lowest BCUT2D eigenvalue weighted by atomic mass is 10.0. The molecule has 0 saturated carbocycles. The summed E-state index contributed by atoms with van der Waals surface area (Å²) in [4.78, 5) is 0. The molecule has 0 atom stereocenters. The SMILES string of the molecule is CCCCCCCCCCCCCCCCCCOCCOCCOCCOCCOCCOCCOCCOCCOCCOCCOCCOCCOCCOCCOCCOCCOCCOCCOCCOCCOCCOCCOCCOCCO. The number of hydrogen-bond donors (Lipinski definition) is 1. The first-order valence-electron chi connectivity index (χ1n) is 34.9. The van der Waals surface area contributed by atoms with Crippen LogP contribution in [-0.2, 0) is 114 Å². The second kappa shape index (κ2) is 89.0. The molecular formula is C66H134O25. The third-order valence-electron chi connectivity index (χ3n) is 12.9. The first kappa shape index (κ1) is 90.0. The molecule has 0 spiro atoms. The summed E-state index contributed by atoms with van der Waals surface area (Å²) in [6.45, 7) is 26.5. The molecule has 25 nitrogen and oxygen atoms in total. The predicted octanol–water partition coefficient (Wildman–Crippen LogP) is 6.64. The molecule has 0 bridgehead atoms. The Bertz CT molecular complexity index is 1140. The van der Waals surface area contributed by atoms with Crippen LogP contribution in [0.4, 0.5) is 0 Å². The van der Waals surface area contributed by atoms with Crippen LogP contribution in [-0.4, -0.2) is 329 Å². The molecule has 0 aliphatic rings. The van der Waals surface area contributed by atoms with E-state index in [1.165, 1.54) is 96.3 Å². The Hall–Kier alpha value is -1.00. The molecule has 0 aliphatic heterocycles. The Balaban J connectivity index is 3.09. The van der Waals surface area contributed by atoms with E-state index >= 15 is 0 Å². The van der Waals surface area contributed by atoms with Gasteiger partial charge in [-0.05, 0) is 6.42 Å². The minimum atomic E-state index is 0.0185. The minimum absolute atomic E-state index is 0.0185. The van der Waals surface area contributed by atoms with Crippen molar-refractivity contribution in [2.75, 3.05) is 324 Å². The summed E-state index contributed by atoms with van der Waals surface area (Å²) in [5, 5.41) is 8.62. The zero-order chi connectivity index (χ0) is 64.9. The van der Waals surface area contributed by atoms with Crippen LogP contribution in [0.1, 0.15) is 110 Å². The maximum atomic E-state index is 8.62. The predicted molar refractivity (Wildman–Crippen MR) is 346 cm³/mol. The van der Waals surface area contributed by atoms with Crippen LogP contribution in [0.15, 0.2) is 0 Å². The van der Waals surface area contributed by atoms with Crippen molar-refractivity contribution in [1.29, 1.82) is 0 Å². The Kier molecular flexibility index (Phi) is 88.0. The fraction of sp³-hybridized carbons (Fsp3) is 1.00. The highest BCUT2D eigenvalue weighted by Crippen LogP contribution is 2.14. The van der Waals surface area contributed by atoms with E-state index in [4.69, 9.17) is 119 Å². The normalized spacial score (nSPS) is 11.8. The topological polar surface area (TPSA) is 242 Å². The van der Waals surface area contributed by atoms with Crippen LogP contribution >= 0.6 is 0 Å². The highest BCUT2D eigenvalue weighted by molar-refractivity contribution is 4.51. The molecule has 91 heavy (non-hydrogen) atoms. The third-order valence-corrected chi connectivity index (χ3v) is 12.9. The van der Waals surface area contributed by atoms with Crippen molar-refractivity contribution >= 4 is 0 Å². The number of hydrogen-bond acceptors (Lipinski definition) is 25. The number of ether oxygens (including phenoxy) is 24. The molecule has 0 saturated heterocycles. The van der Waals surface area contributed by atoms with Gasteiger partial charge in [-0.25, -0.2) is 0 Å². The first-order valence-corrected chi connectivity index (χ1v) is 34.9. The van der Waals surface area contributed by atoms with Gasteiger partial charge in [-0.3, -0.25) is 0 Å². The van der Waals surface area contributed by atoms with Gasteiger partial charge in [-0.1, -0.05) is 103 Å². The first-order chi connectivity index (χ1) is 45.4. The van der Waals surface area contributed by atoms with Crippen molar-refractivity contribution in [2.24, 2.45) is 0 Å². The third kappa shape index (κ3) is 89.0. The highest BCUT2D eigenvalue weighted by atomic mass is 16.6. The summed E-state index contributed by atoms with van der Waals surface area (Å²) in [7, 11) is 0. The molecule has 1 N–H and O–H groups in total. The molecule has 0 aromatic carbocycles. The molecule has 0 radical (unpaired) electrons. The second-order valence-electron chi connectivity index (χ2n) is 20.7. The van der Waals surface area contributed by atoms with E-state index in [2.05, 4.69) is 6.92 Å². The average Bonchev–Trinajstić information content (AvgIpc) is 3.56. The standard InChI is InChI=1S/C66H134O25/c1-2-3-4-5-6-7-8-9-10-11-12-13-14-15-16-17-19-68-21-23-70-25-27-72-29-31-74-33-35-76-37-39-78-41-43-80-45-47-82-49-51-84-53-55-86-57-59-88-61-63-90-65-66-91-64-62-89-60-58-87-56-54-85-52-50-83-48-46-81-44-42-79-40-38-77-36-34-75-32-30-73-28-26-71-24-22-69-20-18-67/h67H,2-66H2,1H3. The van der Waals surface area contributed by atoms with Crippen LogP contribution in [0, 0.1) is 0 Å². The van der Waals surface area contributed by atoms with Crippen LogP contribution in [0.5, 0.6) is 0 Å². The summed E-state index contributed by atoms with van der Waals surface area (Å²) < 4.78 is 132. The van der Waals surface area contributed by atoms with E-state index in [1.54, 1.807) is 0 Å². The number of aliphatic hydroxyl groups is 1. The maximum absolute atomic E-state index is 8.62. The van der Waals surface area contributed by atoms with E-state index in [0.717, 1.165) is 13.0 Å². The molecule has 548 valence electrons. The van der Waals surface area contributed by atoms with Crippen molar-refractivity contribution < 1.29 is 119 Å². The van der Waals surface area contributed by atoms with E-state index in [0.29, 0.717) is 311 Å². The fourth-order valence-corrected chi connectivity index (χ4v) is 7.98. The molecule has 0 heterocycles. The van der Waals surface area contributed by atoms with Crippen LogP contribution in [0.3, 0.4) is 0 Å². The second-order valence-corrected chi connectivity index (χ2v) is 20.7. The summed E-state index contributed by atoms with van der Waals surface area (Å²) in [5.74, 6) is 0. The summed E-state index contributed by atoms with van der Waals surface area (Å²) in [6, 6.07) is 0. The molecule has 0 fully saturated rings. The smallest absolute Gasteiger partial charge is 0.0701 e. The van der Waals surface area contributed by atoms with Gasteiger partial charge in [-0.2, -0.15) is 0 Å². The molecule has 0 amide bonds. The average molecular weight is 1330 g/mol. The van der Waals surface area contributed by atoms with E-state index in [-0.39, 0.29) is 6.61 Å². The molecule has 0 unspecified atom stereocenters. The Labute approximate surface area is 550 Å². The van der Waals surface area contributed by atoms with Crippen LogP contribution in [0.25, 0.3) is 0 Å². The quantitative estimate of drug-likeness (QED) is 0.0628. The molecule has 25 heteroatoms. The molecular weight excluding hydrogens is 1190 g/mol. The van der Waals surface area contributed by atoms with Gasteiger partial charge in [0.05, 0.1) is 317 Å². The maximum Gasteiger partial charge on any atom is 0.0701 e. The van der Waals surface area contributed by atoms with Gasteiger partial charge in [0.2, 0.25) is 0 Å². The van der Waals surface area contributed by atoms with Crippen molar-refractivity contribution in [3.8, 4) is 0 Å².